The first-order valence-electron chi connectivity index (χ1n) is 6.48. The fourth-order valence-corrected chi connectivity index (χ4v) is 3.91. The van der Waals surface area contributed by atoms with Crippen LogP contribution in [0.3, 0.4) is 0 Å². The zero-order valence-electron chi connectivity index (χ0n) is 11.6. The molecule has 0 aliphatic carbocycles. The van der Waals surface area contributed by atoms with Gasteiger partial charge in [0.2, 0.25) is 5.95 Å². The monoisotopic (exact) mass is 336 g/mol. The number of hydrogen-bond donors (Lipinski definition) is 1. The summed E-state index contributed by atoms with van der Waals surface area (Å²) in [5.41, 5.74) is 0. The van der Waals surface area contributed by atoms with E-state index in [1.54, 1.807) is 17.5 Å². The maximum Gasteiger partial charge on any atom is 0.225 e. The van der Waals surface area contributed by atoms with Crippen LogP contribution in [0.5, 0.6) is 0 Å². The normalized spacial score (nSPS) is 11.0. The minimum Gasteiger partial charge on any atom is -0.354 e. The highest BCUT2D eigenvalue weighted by Crippen LogP contribution is 2.37. The van der Waals surface area contributed by atoms with Crippen molar-refractivity contribution in [1.29, 1.82) is 0 Å². The highest BCUT2D eigenvalue weighted by molar-refractivity contribution is 7.99. The molecule has 4 nitrogen and oxygen atoms in total. The zero-order valence-corrected chi connectivity index (χ0v) is 13.9. The van der Waals surface area contributed by atoms with E-state index in [-0.39, 0.29) is 0 Å². The van der Waals surface area contributed by atoms with Crippen molar-refractivity contribution in [3.05, 3.63) is 34.3 Å². The van der Waals surface area contributed by atoms with E-state index in [0.29, 0.717) is 11.0 Å². The van der Waals surface area contributed by atoms with Crippen LogP contribution in [-0.4, -0.2) is 21.5 Å². The Morgan fingerprint density at radius 3 is 2.95 bits per heavy atom. The number of hydrogen-bond acceptors (Lipinski definition) is 6. The van der Waals surface area contributed by atoms with E-state index >= 15 is 0 Å². The molecule has 3 rings (SSSR count). The molecule has 3 heterocycles. The molecule has 7 heteroatoms. The van der Waals surface area contributed by atoms with Crippen LogP contribution in [0.25, 0.3) is 10.2 Å². The lowest BCUT2D eigenvalue weighted by Gasteiger charge is -2.06. The van der Waals surface area contributed by atoms with Gasteiger partial charge in [-0.2, -0.15) is 0 Å². The van der Waals surface area contributed by atoms with Crippen LogP contribution in [-0.2, 0) is 0 Å². The summed E-state index contributed by atoms with van der Waals surface area (Å²) in [7, 11) is 0. The summed E-state index contributed by atoms with van der Waals surface area (Å²) in [4.78, 5) is 15.6. The number of nitrogens with one attached hydrogen (secondary N) is 1. The van der Waals surface area contributed by atoms with Gasteiger partial charge in [0.1, 0.15) is 14.9 Å². The Balaban J connectivity index is 2.09. The fraction of sp³-hybridized carbons (Fsp3) is 0.214. The molecule has 0 saturated heterocycles. The van der Waals surface area contributed by atoms with E-state index < -0.39 is 0 Å². The molecule has 3 aromatic rings. The van der Waals surface area contributed by atoms with Crippen LogP contribution < -0.4 is 5.32 Å². The quantitative estimate of drug-likeness (QED) is 0.704. The third-order valence-electron chi connectivity index (χ3n) is 2.73. The standard InChI is InChI=1S/C14H13ClN4S2/c1-3-16-14-18-11-9(7-8(2)20-11)12(19-14)21-13-10(15)5-4-6-17-13/h4-7H,3H2,1-2H3,(H,16,18,19). The van der Waals surface area contributed by atoms with Crippen LogP contribution in [0.15, 0.2) is 34.4 Å². The van der Waals surface area contributed by atoms with Crippen molar-refractivity contribution >= 4 is 50.9 Å². The number of fused-ring (bicyclic) bond motifs is 1. The van der Waals surface area contributed by atoms with Gasteiger partial charge in [0, 0.05) is 23.0 Å². The maximum absolute atomic E-state index is 6.19. The second-order valence-electron chi connectivity index (χ2n) is 4.35. The maximum atomic E-state index is 6.19. The number of pyridine rings is 1. The van der Waals surface area contributed by atoms with E-state index in [1.165, 1.54) is 16.6 Å². The van der Waals surface area contributed by atoms with Gasteiger partial charge < -0.3 is 5.32 Å². The van der Waals surface area contributed by atoms with Crippen LogP contribution in [0, 0.1) is 6.92 Å². The molecular weight excluding hydrogens is 324 g/mol. The molecule has 0 aliphatic rings. The van der Waals surface area contributed by atoms with Gasteiger partial charge >= 0.3 is 0 Å². The fourth-order valence-electron chi connectivity index (χ4n) is 1.87. The second kappa shape index (κ2) is 6.17. The number of thiophene rings is 1. The van der Waals surface area contributed by atoms with E-state index in [9.17, 15) is 0 Å². The number of anilines is 1. The van der Waals surface area contributed by atoms with Crippen molar-refractivity contribution in [2.24, 2.45) is 0 Å². The van der Waals surface area contributed by atoms with Crippen LogP contribution in [0.4, 0.5) is 5.95 Å². The van der Waals surface area contributed by atoms with Gasteiger partial charge in [-0.15, -0.1) is 11.3 Å². The molecule has 1 N–H and O–H groups in total. The lowest BCUT2D eigenvalue weighted by Crippen LogP contribution is -2.02. The Bertz CT molecular complexity index is 788. The van der Waals surface area contributed by atoms with Gasteiger partial charge in [0.05, 0.1) is 5.02 Å². The summed E-state index contributed by atoms with van der Waals surface area (Å²) in [5, 5.41) is 6.48. The van der Waals surface area contributed by atoms with Gasteiger partial charge in [-0.05, 0) is 43.8 Å². The molecular formula is C14H13ClN4S2. The number of halogens is 1. The largest absolute Gasteiger partial charge is 0.354 e. The minimum absolute atomic E-state index is 0.631. The second-order valence-corrected chi connectivity index (χ2v) is 6.97. The van der Waals surface area contributed by atoms with Crippen molar-refractivity contribution in [3.8, 4) is 0 Å². The molecule has 21 heavy (non-hydrogen) atoms. The first kappa shape index (κ1) is 14.6. The zero-order chi connectivity index (χ0) is 14.8. The van der Waals surface area contributed by atoms with Crippen LogP contribution >= 0.6 is 34.7 Å². The Labute approximate surface area is 136 Å². The minimum atomic E-state index is 0.631. The smallest absolute Gasteiger partial charge is 0.225 e. The predicted molar refractivity (Wildman–Crippen MR) is 89.7 cm³/mol. The molecule has 0 unspecified atom stereocenters. The first-order chi connectivity index (χ1) is 10.2. The van der Waals surface area contributed by atoms with E-state index in [2.05, 4.69) is 33.3 Å². The van der Waals surface area contributed by atoms with Crippen molar-refractivity contribution in [2.45, 2.75) is 23.9 Å². The average Bonchev–Trinajstić information content (AvgIpc) is 2.82. The Hall–Kier alpha value is -1.37. The van der Waals surface area contributed by atoms with Gasteiger partial charge in [0.15, 0.2) is 0 Å². The molecule has 0 radical (unpaired) electrons. The van der Waals surface area contributed by atoms with E-state index in [1.807, 2.05) is 19.1 Å². The summed E-state index contributed by atoms with van der Waals surface area (Å²) in [6, 6.07) is 5.76. The van der Waals surface area contributed by atoms with Crippen molar-refractivity contribution < 1.29 is 0 Å². The average molecular weight is 337 g/mol. The molecule has 0 spiro atoms. The summed E-state index contributed by atoms with van der Waals surface area (Å²) >= 11 is 9.32. The molecule has 3 aromatic heterocycles. The highest BCUT2D eigenvalue weighted by atomic mass is 35.5. The number of aromatic nitrogens is 3. The Morgan fingerprint density at radius 1 is 1.33 bits per heavy atom. The molecule has 0 amide bonds. The molecule has 0 saturated carbocycles. The number of nitrogens with zero attached hydrogens (tertiary/aromatic N) is 3. The molecule has 0 aromatic carbocycles. The SMILES string of the molecule is CCNc1nc(Sc2ncccc2Cl)c2cc(C)sc2n1. The van der Waals surface area contributed by atoms with E-state index in [4.69, 9.17) is 11.6 Å². The summed E-state index contributed by atoms with van der Waals surface area (Å²) in [6.45, 7) is 4.88. The van der Waals surface area contributed by atoms with Gasteiger partial charge in [0.25, 0.3) is 0 Å². The lowest BCUT2D eigenvalue weighted by molar-refractivity contribution is 1.05. The molecule has 0 aliphatic heterocycles. The molecule has 0 fully saturated rings. The third-order valence-corrected chi connectivity index (χ3v) is 5.12. The lowest BCUT2D eigenvalue weighted by atomic mass is 10.4. The topological polar surface area (TPSA) is 50.7 Å². The summed E-state index contributed by atoms with van der Waals surface area (Å²) in [5.74, 6) is 0.640. The molecule has 0 bridgehead atoms. The summed E-state index contributed by atoms with van der Waals surface area (Å²) in [6.07, 6.45) is 1.73. The van der Waals surface area contributed by atoms with Gasteiger partial charge in [-0.1, -0.05) is 11.6 Å². The predicted octanol–water partition coefficient (Wildman–Crippen LogP) is 4.63. The molecule has 108 valence electrons. The third kappa shape index (κ3) is 3.12. The number of rotatable bonds is 4. The van der Waals surface area contributed by atoms with Gasteiger partial charge in [-0.3, -0.25) is 0 Å². The van der Waals surface area contributed by atoms with Crippen LogP contribution in [0.1, 0.15) is 11.8 Å². The summed E-state index contributed by atoms with van der Waals surface area (Å²) < 4.78 is 0. The first-order valence-corrected chi connectivity index (χ1v) is 8.49. The number of aryl methyl sites for hydroxylation is 1. The van der Waals surface area contributed by atoms with E-state index in [0.717, 1.165) is 26.8 Å². The van der Waals surface area contributed by atoms with Crippen molar-refractivity contribution in [2.75, 3.05) is 11.9 Å². The Morgan fingerprint density at radius 2 is 2.19 bits per heavy atom. The molecule has 0 atom stereocenters. The highest BCUT2D eigenvalue weighted by Gasteiger charge is 2.13. The van der Waals surface area contributed by atoms with Crippen molar-refractivity contribution in [3.63, 3.8) is 0 Å². The van der Waals surface area contributed by atoms with Crippen LogP contribution in [0.2, 0.25) is 5.02 Å². The van der Waals surface area contributed by atoms with Gasteiger partial charge in [-0.25, -0.2) is 15.0 Å². The van der Waals surface area contributed by atoms with Crippen molar-refractivity contribution in [1.82, 2.24) is 15.0 Å². The Kier molecular flexibility index (Phi) is 4.28.